The lowest BCUT2D eigenvalue weighted by Crippen LogP contribution is -2.16. The number of ether oxygens (including phenoxy) is 1. The Kier molecular flexibility index (Phi) is 4.07. The maximum Gasteiger partial charge on any atom is 0.124 e. The first-order valence-electron chi connectivity index (χ1n) is 7.36. The van der Waals surface area contributed by atoms with Crippen LogP contribution in [0.15, 0.2) is 41.0 Å². The molecular weight excluding hydrogens is 250 g/mol. The molecule has 0 saturated heterocycles. The van der Waals surface area contributed by atoms with Gasteiger partial charge in [-0.05, 0) is 37.0 Å². The van der Waals surface area contributed by atoms with Crippen molar-refractivity contribution < 1.29 is 9.15 Å². The highest BCUT2D eigenvalue weighted by atomic mass is 16.5. The molecule has 1 aliphatic carbocycles. The third kappa shape index (κ3) is 3.23. The first-order chi connectivity index (χ1) is 9.86. The Morgan fingerprint density at radius 2 is 2.05 bits per heavy atom. The van der Waals surface area contributed by atoms with Gasteiger partial charge in [0, 0.05) is 11.6 Å². The van der Waals surface area contributed by atoms with Gasteiger partial charge in [-0.2, -0.15) is 0 Å². The van der Waals surface area contributed by atoms with Crippen LogP contribution in [0.3, 0.4) is 0 Å². The van der Waals surface area contributed by atoms with Gasteiger partial charge in [-0.15, -0.1) is 0 Å². The number of para-hydroxylation sites is 1. The van der Waals surface area contributed by atoms with Crippen molar-refractivity contribution in [2.75, 3.05) is 0 Å². The second kappa shape index (κ2) is 6.14. The fraction of sp³-hybridized carbons (Fsp3) is 0.412. The summed E-state index contributed by atoms with van der Waals surface area (Å²) in [7, 11) is 0. The molecule has 3 rings (SSSR count). The molecule has 1 aliphatic rings. The summed E-state index contributed by atoms with van der Waals surface area (Å²) in [6.45, 7) is 3.51. The van der Waals surface area contributed by atoms with E-state index in [4.69, 9.17) is 9.15 Å². The number of hydrogen-bond donors (Lipinski definition) is 1. The molecule has 0 unspecified atom stereocenters. The summed E-state index contributed by atoms with van der Waals surface area (Å²) in [5, 5.41) is 3.47. The van der Waals surface area contributed by atoms with E-state index in [1.165, 1.54) is 18.4 Å². The summed E-state index contributed by atoms with van der Waals surface area (Å²) in [6.07, 6.45) is 5.30. The Labute approximate surface area is 119 Å². The van der Waals surface area contributed by atoms with Crippen LogP contribution in [-0.2, 0) is 19.6 Å². The molecule has 1 heterocycles. The zero-order chi connectivity index (χ0) is 13.8. The molecule has 3 heteroatoms. The summed E-state index contributed by atoms with van der Waals surface area (Å²) in [5.74, 6) is 1.96. The fourth-order valence-electron chi connectivity index (χ4n) is 2.27. The highest BCUT2D eigenvalue weighted by Crippen LogP contribution is 2.22. The SMILES string of the molecule is CCc1ccccc1OCc1ccoc1CNC1CC1. The van der Waals surface area contributed by atoms with E-state index in [2.05, 4.69) is 24.4 Å². The van der Waals surface area contributed by atoms with Crippen molar-refractivity contribution in [2.45, 2.75) is 45.4 Å². The predicted molar refractivity (Wildman–Crippen MR) is 78.7 cm³/mol. The van der Waals surface area contributed by atoms with Crippen LogP contribution in [-0.4, -0.2) is 6.04 Å². The number of benzene rings is 1. The van der Waals surface area contributed by atoms with Crippen molar-refractivity contribution >= 4 is 0 Å². The fourth-order valence-corrected chi connectivity index (χ4v) is 2.27. The largest absolute Gasteiger partial charge is 0.488 e. The molecular formula is C17H21NO2. The highest BCUT2D eigenvalue weighted by Gasteiger charge is 2.21. The van der Waals surface area contributed by atoms with Crippen LogP contribution in [0.2, 0.25) is 0 Å². The summed E-state index contributed by atoms with van der Waals surface area (Å²) in [6, 6.07) is 10.9. The summed E-state index contributed by atoms with van der Waals surface area (Å²) in [4.78, 5) is 0. The van der Waals surface area contributed by atoms with E-state index in [1.54, 1.807) is 6.26 Å². The monoisotopic (exact) mass is 271 g/mol. The average molecular weight is 271 g/mol. The van der Waals surface area contributed by atoms with Gasteiger partial charge in [-0.3, -0.25) is 0 Å². The molecule has 0 bridgehead atoms. The van der Waals surface area contributed by atoms with Crippen LogP contribution in [0, 0.1) is 0 Å². The first kappa shape index (κ1) is 13.3. The number of furan rings is 1. The van der Waals surface area contributed by atoms with Crippen molar-refractivity contribution in [2.24, 2.45) is 0 Å². The maximum absolute atomic E-state index is 5.95. The quantitative estimate of drug-likeness (QED) is 0.834. The topological polar surface area (TPSA) is 34.4 Å². The van der Waals surface area contributed by atoms with Gasteiger partial charge < -0.3 is 14.5 Å². The molecule has 1 N–H and O–H groups in total. The van der Waals surface area contributed by atoms with E-state index in [1.807, 2.05) is 18.2 Å². The van der Waals surface area contributed by atoms with Crippen LogP contribution >= 0.6 is 0 Å². The number of nitrogens with one attached hydrogen (secondary N) is 1. The normalized spacial score (nSPS) is 14.4. The minimum absolute atomic E-state index is 0.565. The zero-order valence-electron chi connectivity index (χ0n) is 11.9. The lowest BCUT2D eigenvalue weighted by Gasteiger charge is -2.10. The van der Waals surface area contributed by atoms with Crippen LogP contribution < -0.4 is 10.1 Å². The van der Waals surface area contributed by atoms with Crippen LogP contribution in [0.4, 0.5) is 0 Å². The standard InChI is InChI=1S/C17H21NO2/c1-2-13-5-3-4-6-16(13)20-12-14-9-10-19-17(14)11-18-15-7-8-15/h3-6,9-10,15,18H,2,7-8,11-12H2,1H3. The summed E-state index contributed by atoms with van der Waals surface area (Å²) in [5.41, 5.74) is 2.37. The minimum atomic E-state index is 0.565. The maximum atomic E-state index is 5.95. The van der Waals surface area contributed by atoms with Crippen LogP contribution in [0.5, 0.6) is 5.75 Å². The second-order valence-corrected chi connectivity index (χ2v) is 5.27. The van der Waals surface area contributed by atoms with Gasteiger partial charge in [0.1, 0.15) is 18.1 Å². The molecule has 0 radical (unpaired) electrons. The zero-order valence-corrected chi connectivity index (χ0v) is 11.9. The molecule has 1 aromatic heterocycles. The molecule has 20 heavy (non-hydrogen) atoms. The molecule has 0 amide bonds. The molecule has 1 fully saturated rings. The Morgan fingerprint density at radius 3 is 2.85 bits per heavy atom. The second-order valence-electron chi connectivity index (χ2n) is 5.27. The van der Waals surface area contributed by atoms with Crippen molar-refractivity contribution in [3.05, 3.63) is 53.5 Å². The Hall–Kier alpha value is -1.74. The van der Waals surface area contributed by atoms with Crippen molar-refractivity contribution in [1.82, 2.24) is 5.32 Å². The Bertz CT molecular complexity index is 558. The predicted octanol–water partition coefficient (Wildman–Crippen LogP) is 3.67. The van der Waals surface area contributed by atoms with Crippen molar-refractivity contribution in [3.63, 3.8) is 0 Å². The summed E-state index contributed by atoms with van der Waals surface area (Å²) < 4.78 is 11.5. The van der Waals surface area contributed by atoms with E-state index in [9.17, 15) is 0 Å². The summed E-state index contributed by atoms with van der Waals surface area (Å²) >= 11 is 0. The van der Waals surface area contributed by atoms with Crippen LogP contribution in [0.1, 0.15) is 36.7 Å². The molecule has 0 spiro atoms. The van der Waals surface area contributed by atoms with Crippen molar-refractivity contribution in [3.8, 4) is 5.75 Å². The molecule has 1 saturated carbocycles. The number of hydrogen-bond acceptors (Lipinski definition) is 3. The third-order valence-corrected chi connectivity index (χ3v) is 3.70. The minimum Gasteiger partial charge on any atom is -0.488 e. The lowest BCUT2D eigenvalue weighted by atomic mass is 10.1. The lowest BCUT2D eigenvalue weighted by molar-refractivity contribution is 0.298. The number of aryl methyl sites for hydroxylation is 1. The van der Waals surface area contributed by atoms with Gasteiger partial charge in [-0.25, -0.2) is 0 Å². The molecule has 0 aliphatic heterocycles. The molecule has 3 nitrogen and oxygen atoms in total. The van der Waals surface area contributed by atoms with E-state index in [0.717, 1.165) is 30.0 Å². The average Bonchev–Trinajstić information content (AvgIpc) is 3.21. The van der Waals surface area contributed by atoms with Crippen LogP contribution in [0.25, 0.3) is 0 Å². The van der Waals surface area contributed by atoms with Gasteiger partial charge >= 0.3 is 0 Å². The van der Waals surface area contributed by atoms with E-state index >= 15 is 0 Å². The molecule has 0 atom stereocenters. The Balaban J connectivity index is 1.61. The van der Waals surface area contributed by atoms with E-state index in [0.29, 0.717) is 12.6 Å². The number of rotatable bonds is 7. The van der Waals surface area contributed by atoms with E-state index < -0.39 is 0 Å². The smallest absolute Gasteiger partial charge is 0.124 e. The molecule has 2 aromatic rings. The van der Waals surface area contributed by atoms with Gasteiger partial charge in [0.15, 0.2) is 0 Å². The third-order valence-electron chi connectivity index (χ3n) is 3.70. The highest BCUT2D eigenvalue weighted by molar-refractivity contribution is 5.33. The van der Waals surface area contributed by atoms with Gasteiger partial charge in [0.25, 0.3) is 0 Å². The van der Waals surface area contributed by atoms with Gasteiger partial charge in [-0.1, -0.05) is 25.1 Å². The van der Waals surface area contributed by atoms with Crippen molar-refractivity contribution in [1.29, 1.82) is 0 Å². The van der Waals surface area contributed by atoms with Gasteiger partial charge in [0.05, 0.1) is 12.8 Å². The van der Waals surface area contributed by atoms with Gasteiger partial charge in [0.2, 0.25) is 0 Å². The van der Waals surface area contributed by atoms with E-state index in [-0.39, 0.29) is 0 Å². The molecule has 106 valence electrons. The first-order valence-corrected chi connectivity index (χ1v) is 7.36. The molecule has 1 aromatic carbocycles. The Morgan fingerprint density at radius 1 is 1.20 bits per heavy atom.